The zero-order chi connectivity index (χ0) is 95.8. The first-order chi connectivity index (χ1) is 71.0. The molecule has 3 spiro atoms. The molecule has 3 nitrogen and oxygen atoms in total. The van der Waals surface area contributed by atoms with Gasteiger partial charge in [0.15, 0.2) is 0 Å². The van der Waals surface area contributed by atoms with E-state index in [1.165, 1.54) is 217 Å². The number of rotatable bonds is 10. The zero-order valence-corrected chi connectivity index (χ0v) is 79.0. The molecule has 0 unspecified atom stereocenters. The molecule has 0 fully saturated rings. The molecule has 6 aliphatic rings. The summed E-state index contributed by atoms with van der Waals surface area (Å²) in [4.78, 5) is 6.56. The van der Waals surface area contributed by atoms with E-state index in [1.807, 2.05) is 66.7 Å². The number of fused-ring (bicyclic) bond motifs is 42. The number of hydrogen-bond donors (Lipinski definition) is 0. The van der Waals surface area contributed by atoms with Gasteiger partial charge in [-0.2, -0.15) is 0 Å². The minimum atomic E-state index is -0.471. The number of anilines is 9. The number of para-hydroxylation sites is 2. The Morgan fingerprint density at radius 1 is 0.160 bits per heavy atom. The van der Waals surface area contributed by atoms with E-state index < -0.39 is 16.2 Å². The molecular formula is C138H90F3N3. The molecule has 0 amide bonds. The van der Waals surface area contributed by atoms with Gasteiger partial charge in [0.1, 0.15) is 17.5 Å². The summed E-state index contributed by atoms with van der Waals surface area (Å²) in [7, 11) is 0. The molecule has 144 heavy (non-hydrogen) atoms. The van der Waals surface area contributed by atoms with E-state index in [1.54, 1.807) is 24.3 Å². The van der Waals surface area contributed by atoms with Gasteiger partial charge in [-0.3, -0.25) is 0 Å². The van der Waals surface area contributed by atoms with Crippen molar-refractivity contribution >= 4 is 116 Å². The molecule has 678 valence electrons. The first-order valence-electron chi connectivity index (χ1n) is 49.8. The van der Waals surface area contributed by atoms with Crippen molar-refractivity contribution in [1.29, 1.82) is 0 Å². The van der Waals surface area contributed by atoms with Crippen molar-refractivity contribution in [2.24, 2.45) is 0 Å². The Kier molecular flexibility index (Phi) is 19.2. The molecule has 24 aromatic carbocycles. The van der Waals surface area contributed by atoms with Crippen LogP contribution in [-0.4, -0.2) is 0 Å². The van der Waals surface area contributed by atoms with E-state index in [4.69, 9.17) is 0 Å². The Hall–Kier alpha value is -18.0. The molecule has 0 heterocycles. The molecule has 30 rings (SSSR count). The van der Waals surface area contributed by atoms with Crippen LogP contribution in [0.1, 0.15) is 92.1 Å². The Balaban J connectivity index is 0.000000105. The van der Waals surface area contributed by atoms with Crippen LogP contribution in [0, 0.1) is 17.5 Å². The highest BCUT2D eigenvalue weighted by molar-refractivity contribution is 6.14. The second kappa shape index (κ2) is 32.8. The van der Waals surface area contributed by atoms with E-state index >= 15 is 0 Å². The zero-order valence-electron chi connectivity index (χ0n) is 79.0. The van der Waals surface area contributed by atoms with Gasteiger partial charge in [0.25, 0.3) is 0 Å². The van der Waals surface area contributed by atoms with Crippen LogP contribution in [-0.2, 0) is 16.2 Å². The highest BCUT2D eigenvalue weighted by Gasteiger charge is 2.57. The summed E-state index contributed by atoms with van der Waals surface area (Å²) >= 11 is 0. The molecule has 0 bridgehead atoms. The fourth-order valence-electron chi connectivity index (χ4n) is 26.0. The van der Waals surface area contributed by atoms with Crippen molar-refractivity contribution in [3.8, 4) is 66.8 Å². The molecule has 6 aliphatic carbocycles. The highest BCUT2D eigenvalue weighted by Crippen LogP contribution is 2.70. The summed E-state index contributed by atoms with van der Waals surface area (Å²) in [5, 5.41) is 14.8. The van der Waals surface area contributed by atoms with E-state index in [0.29, 0.717) is 5.92 Å². The predicted octanol–water partition coefficient (Wildman–Crippen LogP) is 37.0. The van der Waals surface area contributed by atoms with E-state index in [9.17, 15) is 13.2 Å². The summed E-state index contributed by atoms with van der Waals surface area (Å²) in [6.45, 7) is 4.42. The maximum atomic E-state index is 14.6. The Bertz CT molecular complexity index is 9300. The van der Waals surface area contributed by atoms with Gasteiger partial charge in [0, 0.05) is 51.2 Å². The fraction of sp³-hybridized carbons (Fsp3) is 0.0435. The summed E-state index contributed by atoms with van der Waals surface area (Å²) in [5.74, 6) is -0.309. The van der Waals surface area contributed by atoms with E-state index in [0.717, 1.165) is 56.6 Å². The Labute approximate surface area is 833 Å². The van der Waals surface area contributed by atoms with Gasteiger partial charge in [-0.25, -0.2) is 13.2 Å². The number of benzene rings is 24. The monoisotopic (exact) mass is 1850 g/mol. The maximum Gasteiger partial charge on any atom is 0.125 e. The topological polar surface area (TPSA) is 9.72 Å². The maximum absolute atomic E-state index is 14.6. The van der Waals surface area contributed by atoms with Gasteiger partial charge in [0.2, 0.25) is 0 Å². The second-order valence-corrected chi connectivity index (χ2v) is 39.2. The highest BCUT2D eigenvalue weighted by atomic mass is 19.1. The average Bonchev–Trinajstić information content (AvgIpc) is 1.50. The van der Waals surface area contributed by atoms with E-state index in [2.05, 4.69) is 423 Å². The largest absolute Gasteiger partial charge is 0.310 e. The van der Waals surface area contributed by atoms with Crippen LogP contribution in [0.3, 0.4) is 0 Å². The van der Waals surface area contributed by atoms with Gasteiger partial charge in [-0.05, 0) is 349 Å². The molecular weight excluding hydrogens is 1760 g/mol. The molecule has 0 N–H and O–H groups in total. The quantitative estimate of drug-likeness (QED) is 0.135. The summed E-state index contributed by atoms with van der Waals surface area (Å²) in [6, 6.07) is 178. The summed E-state index contributed by atoms with van der Waals surface area (Å²) in [5.41, 5.74) is 40.3. The van der Waals surface area contributed by atoms with Gasteiger partial charge < -0.3 is 14.7 Å². The molecule has 0 saturated heterocycles. The third-order valence-corrected chi connectivity index (χ3v) is 31.6. The number of nitrogens with zero attached hydrogens (tertiary/aromatic N) is 3. The van der Waals surface area contributed by atoms with Gasteiger partial charge in [-0.15, -0.1) is 0 Å². The van der Waals surface area contributed by atoms with Gasteiger partial charge in [0.05, 0.1) is 16.2 Å². The summed E-state index contributed by atoms with van der Waals surface area (Å²) < 4.78 is 42.8. The average molecular weight is 1850 g/mol. The van der Waals surface area contributed by atoms with Crippen LogP contribution in [0.2, 0.25) is 0 Å². The van der Waals surface area contributed by atoms with Crippen LogP contribution in [0.15, 0.2) is 504 Å². The first kappa shape index (κ1) is 84.1. The minimum absolute atomic E-state index is 0.243. The SMILES string of the molecule is CC(C)c1ccc(N(c2ccc(F)cc2)c2ccc3c4c(ccc3c2)-c2ccc3ccccc3c2C42c3ccccc3-c3ccccc32)cc1.Fc1ccc(N(c2ccccc2)c2ccc3c4c(ccc3c2)-c2ccc3ccccc3c2C42c3ccccc3-c3ccccc32)cc1.Fc1cccc(N(c2ccccc2)c2ccc3c4c(ccc3c2)-c2ccc3ccccc3c2C42c3ccccc3-c3ccccc32)c1. The van der Waals surface area contributed by atoms with Crippen molar-refractivity contribution in [1.82, 2.24) is 0 Å². The third-order valence-electron chi connectivity index (χ3n) is 31.6. The van der Waals surface area contributed by atoms with Crippen LogP contribution < -0.4 is 14.7 Å². The lowest BCUT2D eigenvalue weighted by molar-refractivity contribution is 0.627. The molecule has 0 aliphatic heterocycles. The molecule has 0 saturated carbocycles. The van der Waals surface area contributed by atoms with Crippen molar-refractivity contribution in [3.63, 3.8) is 0 Å². The standard InChI is InChI=1S/C48H34FN.2C45H28FN/c1-30(2)31-15-21-35(22-16-31)50(36-23-19-34(49)20-24-36)37-25-28-39-33(29-37)18-27-43-42-26-17-32-9-3-4-10-38(32)46(42)48(47(39)43)44-13-7-5-11-40(44)41-12-6-8-14-45(41)48;46-31-12-10-15-33(28-31)47(32-13-2-1-3-14-32)34-23-26-36-30(27-34)22-25-40-39-24-21-29-11-4-5-16-35(29)43(39)45(44(36)40)41-19-8-6-17-37(41)38-18-7-9-20-42(38)45;46-31-20-22-33(23-21-31)47(32-11-2-1-3-12-32)34-24-27-36-30(28-34)19-26-40-39-25-18-29-10-4-5-13-35(29)43(39)45(44(36)40)41-16-8-6-14-37(41)38-15-7-9-17-42(38)45/h3-30H,1-2H3;2*1-28H. The van der Waals surface area contributed by atoms with Crippen LogP contribution in [0.25, 0.3) is 131 Å². The second-order valence-electron chi connectivity index (χ2n) is 39.2. The van der Waals surface area contributed by atoms with E-state index in [-0.39, 0.29) is 17.5 Å². The fourth-order valence-corrected chi connectivity index (χ4v) is 26.0. The first-order valence-corrected chi connectivity index (χ1v) is 49.8. The third kappa shape index (κ3) is 12.3. The molecule has 0 atom stereocenters. The van der Waals surface area contributed by atoms with Crippen LogP contribution >= 0.6 is 0 Å². The number of halogens is 3. The van der Waals surface area contributed by atoms with Crippen molar-refractivity contribution in [3.05, 3.63) is 593 Å². The Morgan fingerprint density at radius 2 is 0.382 bits per heavy atom. The molecule has 0 radical (unpaired) electrons. The summed E-state index contributed by atoms with van der Waals surface area (Å²) in [6.07, 6.45) is 0. The number of hydrogen-bond acceptors (Lipinski definition) is 3. The lowest BCUT2D eigenvalue weighted by Crippen LogP contribution is -2.26. The van der Waals surface area contributed by atoms with Crippen LogP contribution in [0.4, 0.5) is 64.4 Å². The van der Waals surface area contributed by atoms with Crippen molar-refractivity contribution in [2.75, 3.05) is 14.7 Å². The molecule has 24 aromatic rings. The predicted molar refractivity (Wildman–Crippen MR) is 591 cm³/mol. The molecule has 6 heteroatoms. The van der Waals surface area contributed by atoms with Gasteiger partial charge >= 0.3 is 0 Å². The lowest BCUT2D eigenvalue weighted by atomic mass is 9.68. The molecule has 0 aromatic heterocycles. The Morgan fingerprint density at radius 3 is 0.674 bits per heavy atom. The van der Waals surface area contributed by atoms with Gasteiger partial charge in [-0.1, -0.05) is 378 Å². The normalized spacial score (nSPS) is 13.4. The lowest BCUT2D eigenvalue weighted by Gasteiger charge is -2.32. The van der Waals surface area contributed by atoms with Crippen molar-refractivity contribution < 1.29 is 13.2 Å². The van der Waals surface area contributed by atoms with Crippen molar-refractivity contribution in [2.45, 2.75) is 36.0 Å². The smallest absolute Gasteiger partial charge is 0.125 e. The minimum Gasteiger partial charge on any atom is -0.310 e. The van der Waals surface area contributed by atoms with Crippen LogP contribution in [0.5, 0.6) is 0 Å².